The first kappa shape index (κ1) is 8.63. The molecule has 2 N–H and O–H groups in total. The van der Waals surface area contributed by atoms with Gasteiger partial charge in [-0.1, -0.05) is 0 Å². The molecule has 62 valence electrons. The van der Waals surface area contributed by atoms with Crippen LogP contribution < -0.4 is 5.14 Å². The van der Waals surface area contributed by atoms with Gasteiger partial charge in [-0.05, 0) is 6.92 Å². The SMILES string of the molecule is Cc1cnc(CS(N)(=O)=O)s1. The zero-order valence-electron chi connectivity index (χ0n) is 5.94. The number of aryl methyl sites for hydroxylation is 1. The highest BCUT2D eigenvalue weighted by Crippen LogP contribution is 2.12. The summed E-state index contributed by atoms with van der Waals surface area (Å²) in [5, 5.41) is 5.36. The lowest BCUT2D eigenvalue weighted by atomic mass is 10.6. The average Bonchev–Trinajstić information content (AvgIpc) is 2.10. The van der Waals surface area contributed by atoms with E-state index in [4.69, 9.17) is 5.14 Å². The van der Waals surface area contributed by atoms with Gasteiger partial charge in [0, 0.05) is 11.1 Å². The Bertz CT molecular complexity index is 341. The van der Waals surface area contributed by atoms with E-state index < -0.39 is 10.0 Å². The van der Waals surface area contributed by atoms with Crippen molar-refractivity contribution in [1.29, 1.82) is 0 Å². The van der Waals surface area contributed by atoms with Gasteiger partial charge in [0.2, 0.25) is 10.0 Å². The third-order valence-electron chi connectivity index (χ3n) is 0.994. The van der Waals surface area contributed by atoms with Gasteiger partial charge in [-0.25, -0.2) is 18.5 Å². The zero-order chi connectivity index (χ0) is 8.48. The smallest absolute Gasteiger partial charge is 0.215 e. The van der Waals surface area contributed by atoms with Crippen LogP contribution in [0, 0.1) is 6.92 Å². The third-order valence-corrected chi connectivity index (χ3v) is 2.77. The average molecular weight is 192 g/mol. The van der Waals surface area contributed by atoms with Crippen LogP contribution in [-0.4, -0.2) is 13.4 Å². The van der Waals surface area contributed by atoms with E-state index >= 15 is 0 Å². The molecule has 0 aliphatic rings. The largest absolute Gasteiger partial charge is 0.248 e. The number of aromatic nitrogens is 1. The normalized spacial score (nSPS) is 11.8. The number of nitrogens with two attached hydrogens (primary N) is 1. The highest BCUT2D eigenvalue weighted by atomic mass is 32.2. The molecule has 0 aromatic carbocycles. The Hall–Kier alpha value is -0.460. The minimum atomic E-state index is -3.42. The fourth-order valence-electron chi connectivity index (χ4n) is 0.640. The van der Waals surface area contributed by atoms with Crippen LogP contribution in [0.5, 0.6) is 0 Å². The quantitative estimate of drug-likeness (QED) is 0.729. The fourth-order valence-corrected chi connectivity index (χ4v) is 2.37. The molecule has 11 heavy (non-hydrogen) atoms. The molecule has 1 rings (SSSR count). The number of primary sulfonamides is 1. The summed E-state index contributed by atoms with van der Waals surface area (Å²) < 4.78 is 21.1. The highest BCUT2D eigenvalue weighted by Gasteiger charge is 2.07. The van der Waals surface area contributed by atoms with Gasteiger partial charge in [-0.3, -0.25) is 0 Å². The van der Waals surface area contributed by atoms with Gasteiger partial charge in [-0.2, -0.15) is 0 Å². The van der Waals surface area contributed by atoms with Crippen LogP contribution in [0.15, 0.2) is 6.20 Å². The summed E-state index contributed by atoms with van der Waals surface area (Å²) in [6.07, 6.45) is 1.63. The molecular formula is C5H8N2O2S2. The Labute approximate surface area is 69.1 Å². The lowest BCUT2D eigenvalue weighted by molar-refractivity contribution is 0.597. The molecule has 1 heterocycles. The molecule has 0 atom stereocenters. The maximum atomic E-state index is 10.6. The van der Waals surface area contributed by atoms with Crippen molar-refractivity contribution >= 4 is 21.4 Å². The number of rotatable bonds is 2. The predicted octanol–water partition coefficient (Wildman–Crippen LogP) is 0.240. The van der Waals surface area contributed by atoms with Crippen molar-refractivity contribution < 1.29 is 8.42 Å². The summed E-state index contributed by atoms with van der Waals surface area (Å²) in [5.74, 6) is -0.161. The van der Waals surface area contributed by atoms with Gasteiger partial charge in [0.05, 0.1) is 0 Å². The van der Waals surface area contributed by atoms with Crippen LogP contribution in [-0.2, 0) is 15.8 Å². The number of thiazole rings is 1. The molecule has 0 aliphatic carbocycles. The minimum absolute atomic E-state index is 0.161. The second-order valence-electron chi connectivity index (χ2n) is 2.17. The lowest BCUT2D eigenvalue weighted by Crippen LogP contribution is -2.14. The number of hydrogen-bond acceptors (Lipinski definition) is 4. The third kappa shape index (κ3) is 2.96. The van der Waals surface area contributed by atoms with Crippen molar-refractivity contribution in [3.05, 3.63) is 16.1 Å². The van der Waals surface area contributed by atoms with Gasteiger partial charge in [0.15, 0.2) is 0 Å². The topological polar surface area (TPSA) is 73.0 Å². The minimum Gasteiger partial charge on any atom is -0.248 e. The van der Waals surface area contributed by atoms with E-state index in [0.717, 1.165) is 4.88 Å². The van der Waals surface area contributed by atoms with E-state index in [9.17, 15) is 8.42 Å². The lowest BCUT2D eigenvalue weighted by Gasteiger charge is -1.90. The van der Waals surface area contributed by atoms with Crippen LogP contribution in [0.3, 0.4) is 0 Å². The maximum Gasteiger partial charge on any atom is 0.215 e. The molecule has 0 fully saturated rings. The van der Waals surface area contributed by atoms with E-state index in [1.165, 1.54) is 11.3 Å². The van der Waals surface area contributed by atoms with Gasteiger partial charge >= 0.3 is 0 Å². The molecule has 1 aromatic rings. The maximum absolute atomic E-state index is 10.6. The summed E-state index contributed by atoms with van der Waals surface area (Å²) in [4.78, 5) is 4.85. The van der Waals surface area contributed by atoms with E-state index in [-0.39, 0.29) is 5.75 Å². The zero-order valence-corrected chi connectivity index (χ0v) is 7.58. The number of hydrogen-bond donors (Lipinski definition) is 1. The molecule has 1 aromatic heterocycles. The summed E-state index contributed by atoms with van der Waals surface area (Å²) in [5.41, 5.74) is 0. The van der Waals surface area contributed by atoms with Crippen LogP contribution in [0.1, 0.15) is 9.88 Å². The summed E-state index contributed by atoms with van der Waals surface area (Å²) in [7, 11) is -3.42. The first-order chi connectivity index (χ1) is 4.97. The molecule has 0 radical (unpaired) electrons. The van der Waals surface area contributed by atoms with Crippen LogP contribution in [0.2, 0.25) is 0 Å². The number of nitrogens with zero attached hydrogens (tertiary/aromatic N) is 1. The van der Waals surface area contributed by atoms with Gasteiger partial charge < -0.3 is 0 Å². The highest BCUT2D eigenvalue weighted by molar-refractivity contribution is 7.88. The first-order valence-corrected chi connectivity index (χ1v) is 5.42. The van der Waals surface area contributed by atoms with Gasteiger partial charge in [0.25, 0.3) is 0 Å². The number of sulfonamides is 1. The Morgan fingerprint density at radius 3 is 2.73 bits per heavy atom. The molecule has 0 unspecified atom stereocenters. The molecule has 0 bridgehead atoms. The van der Waals surface area contributed by atoms with Crippen molar-refractivity contribution in [2.45, 2.75) is 12.7 Å². The molecule has 0 amide bonds. The molecule has 4 nitrogen and oxygen atoms in total. The molecule has 0 aliphatic heterocycles. The summed E-state index contributed by atoms with van der Waals surface area (Å²) >= 11 is 1.34. The molecule has 0 saturated carbocycles. The van der Waals surface area contributed by atoms with Gasteiger partial charge in [-0.15, -0.1) is 11.3 Å². The van der Waals surface area contributed by atoms with E-state index in [0.29, 0.717) is 5.01 Å². The van der Waals surface area contributed by atoms with E-state index in [1.807, 2.05) is 6.92 Å². The molecular weight excluding hydrogens is 184 g/mol. The van der Waals surface area contributed by atoms with Crippen molar-refractivity contribution in [1.82, 2.24) is 4.98 Å². The standard InChI is InChI=1S/C5H8N2O2S2/c1-4-2-7-5(10-4)3-11(6,8)9/h2H,3H2,1H3,(H2,6,8,9). The van der Waals surface area contributed by atoms with Crippen LogP contribution >= 0.6 is 11.3 Å². The van der Waals surface area contributed by atoms with Crippen LogP contribution in [0.4, 0.5) is 0 Å². The van der Waals surface area contributed by atoms with Crippen molar-refractivity contribution in [3.63, 3.8) is 0 Å². The van der Waals surface area contributed by atoms with Crippen molar-refractivity contribution in [2.24, 2.45) is 5.14 Å². The van der Waals surface area contributed by atoms with E-state index in [1.54, 1.807) is 6.20 Å². The predicted molar refractivity (Wildman–Crippen MR) is 43.7 cm³/mol. The Kier molecular flexibility index (Phi) is 2.26. The molecule has 0 saturated heterocycles. The second-order valence-corrected chi connectivity index (χ2v) is 5.11. The first-order valence-electron chi connectivity index (χ1n) is 2.89. The van der Waals surface area contributed by atoms with E-state index in [2.05, 4.69) is 4.98 Å². The Morgan fingerprint density at radius 2 is 2.36 bits per heavy atom. The van der Waals surface area contributed by atoms with Crippen molar-refractivity contribution in [2.75, 3.05) is 0 Å². The molecule has 6 heteroatoms. The Balaban J connectivity index is 2.81. The monoisotopic (exact) mass is 192 g/mol. The van der Waals surface area contributed by atoms with Crippen molar-refractivity contribution in [3.8, 4) is 0 Å². The second kappa shape index (κ2) is 2.88. The summed E-state index contributed by atoms with van der Waals surface area (Å²) in [6.45, 7) is 1.87. The molecule has 0 spiro atoms. The van der Waals surface area contributed by atoms with Crippen LogP contribution in [0.25, 0.3) is 0 Å². The van der Waals surface area contributed by atoms with Gasteiger partial charge in [0.1, 0.15) is 10.8 Å². The Morgan fingerprint density at radius 1 is 1.73 bits per heavy atom. The fraction of sp³-hybridized carbons (Fsp3) is 0.400. The summed E-state index contributed by atoms with van der Waals surface area (Å²) in [6, 6.07) is 0.